The Kier molecular flexibility index (Phi) is 4.51. The Hall–Kier alpha value is -0.450. The number of ketones is 1. The Morgan fingerprint density at radius 3 is 2.86 bits per heavy atom. The van der Waals surface area contributed by atoms with Gasteiger partial charge in [0.2, 0.25) is 5.79 Å². The molecule has 14 heavy (non-hydrogen) atoms. The molecule has 0 radical (unpaired) electrons. The monoisotopic (exact) mass is 202 g/mol. The lowest BCUT2D eigenvalue weighted by atomic mass is 10.1. The number of rotatable bonds is 6. The molecule has 0 bridgehead atoms. The summed E-state index contributed by atoms with van der Waals surface area (Å²) < 4.78 is 10.8. The molecule has 0 spiro atoms. The summed E-state index contributed by atoms with van der Waals surface area (Å²) in [6, 6.07) is 0. The molecule has 1 N–H and O–H groups in total. The summed E-state index contributed by atoms with van der Waals surface area (Å²) in [5.74, 6) is -1.03. The van der Waals surface area contributed by atoms with Gasteiger partial charge in [-0.25, -0.2) is 0 Å². The Morgan fingerprint density at radius 1 is 1.57 bits per heavy atom. The third kappa shape index (κ3) is 2.77. The van der Waals surface area contributed by atoms with Gasteiger partial charge in [-0.15, -0.1) is 0 Å². The first-order chi connectivity index (χ1) is 6.71. The highest BCUT2D eigenvalue weighted by molar-refractivity contribution is 5.83. The molecule has 0 aliphatic carbocycles. The first kappa shape index (κ1) is 11.6. The fourth-order valence-corrected chi connectivity index (χ4v) is 1.56. The molecule has 0 amide bonds. The van der Waals surface area contributed by atoms with E-state index in [1.165, 1.54) is 6.92 Å². The van der Waals surface area contributed by atoms with Gasteiger partial charge in [-0.1, -0.05) is 0 Å². The number of hydrogen-bond acceptors (Lipinski definition) is 4. The fourth-order valence-electron chi connectivity index (χ4n) is 1.56. The van der Waals surface area contributed by atoms with Gasteiger partial charge in [-0.2, -0.15) is 0 Å². The van der Waals surface area contributed by atoms with Crippen LogP contribution in [0.25, 0.3) is 0 Å². The normalized spacial score (nSPS) is 26.7. The fraction of sp³-hybridized carbons (Fsp3) is 0.900. The van der Waals surface area contributed by atoms with Crippen molar-refractivity contribution in [2.24, 2.45) is 0 Å². The van der Waals surface area contributed by atoms with Gasteiger partial charge in [-0.05, 0) is 19.3 Å². The van der Waals surface area contributed by atoms with E-state index in [-0.39, 0.29) is 12.4 Å². The van der Waals surface area contributed by atoms with E-state index in [9.17, 15) is 4.79 Å². The van der Waals surface area contributed by atoms with Crippen LogP contribution in [-0.4, -0.2) is 36.5 Å². The topological polar surface area (TPSA) is 55.8 Å². The molecule has 0 aromatic rings. The lowest BCUT2D eigenvalue weighted by Gasteiger charge is -2.25. The van der Waals surface area contributed by atoms with E-state index >= 15 is 0 Å². The predicted octanol–water partition coefficient (Wildman–Crippen LogP) is 0.871. The minimum Gasteiger partial charge on any atom is -0.396 e. The zero-order valence-electron chi connectivity index (χ0n) is 8.62. The van der Waals surface area contributed by atoms with Gasteiger partial charge in [0.15, 0.2) is 5.78 Å². The van der Waals surface area contributed by atoms with E-state index in [1.807, 2.05) is 0 Å². The second-order valence-electron chi connectivity index (χ2n) is 3.54. The summed E-state index contributed by atoms with van der Waals surface area (Å²) in [6.07, 6.45) is 2.99. The summed E-state index contributed by atoms with van der Waals surface area (Å²) in [6.45, 7) is 2.73. The van der Waals surface area contributed by atoms with Crippen molar-refractivity contribution in [1.82, 2.24) is 0 Å². The van der Waals surface area contributed by atoms with Gasteiger partial charge < -0.3 is 14.6 Å². The second kappa shape index (κ2) is 5.44. The van der Waals surface area contributed by atoms with Crippen molar-refractivity contribution in [3.63, 3.8) is 0 Å². The van der Waals surface area contributed by atoms with Crippen LogP contribution in [-0.2, 0) is 14.3 Å². The van der Waals surface area contributed by atoms with Crippen molar-refractivity contribution in [2.45, 2.75) is 38.4 Å². The molecule has 1 saturated heterocycles. The van der Waals surface area contributed by atoms with Crippen LogP contribution in [0.4, 0.5) is 0 Å². The highest BCUT2D eigenvalue weighted by Crippen LogP contribution is 2.28. The van der Waals surface area contributed by atoms with Gasteiger partial charge in [0.05, 0.1) is 13.2 Å². The van der Waals surface area contributed by atoms with E-state index in [4.69, 9.17) is 14.6 Å². The molecule has 82 valence electrons. The Balaban J connectivity index is 2.33. The molecule has 1 aliphatic rings. The van der Waals surface area contributed by atoms with Gasteiger partial charge >= 0.3 is 0 Å². The molecule has 0 aromatic heterocycles. The summed E-state index contributed by atoms with van der Waals surface area (Å²) in [5, 5.41) is 8.58. The molecule has 4 heteroatoms. The molecule has 1 rings (SSSR count). The summed E-state index contributed by atoms with van der Waals surface area (Å²) in [4.78, 5) is 11.3. The lowest BCUT2D eigenvalue weighted by Crippen LogP contribution is -2.39. The first-order valence-electron chi connectivity index (χ1n) is 5.11. The van der Waals surface area contributed by atoms with Crippen LogP contribution in [0.1, 0.15) is 32.6 Å². The molecule has 1 aliphatic heterocycles. The van der Waals surface area contributed by atoms with Crippen molar-refractivity contribution < 1.29 is 19.4 Å². The minimum atomic E-state index is -0.977. The number of Topliss-reactive ketones (excluding diaryl/α,β-unsaturated/α-hetero) is 1. The number of ether oxygens (including phenoxy) is 2. The number of hydrogen-bond donors (Lipinski definition) is 1. The van der Waals surface area contributed by atoms with Gasteiger partial charge in [0.1, 0.15) is 0 Å². The highest BCUT2D eigenvalue weighted by Gasteiger charge is 2.40. The van der Waals surface area contributed by atoms with E-state index in [0.29, 0.717) is 26.1 Å². The van der Waals surface area contributed by atoms with Crippen LogP contribution >= 0.6 is 0 Å². The molecule has 1 unspecified atom stereocenters. The maximum atomic E-state index is 11.3. The van der Waals surface area contributed by atoms with E-state index in [2.05, 4.69) is 0 Å². The second-order valence-corrected chi connectivity index (χ2v) is 3.54. The average molecular weight is 202 g/mol. The zero-order valence-corrected chi connectivity index (χ0v) is 8.62. The summed E-state index contributed by atoms with van der Waals surface area (Å²) >= 11 is 0. The highest BCUT2D eigenvalue weighted by atomic mass is 16.7. The zero-order chi connectivity index (χ0) is 10.4. The number of aliphatic hydroxyl groups is 1. The molecule has 0 saturated carbocycles. The first-order valence-corrected chi connectivity index (χ1v) is 5.11. The van der Waals surface area contributed by atoms with Crippen molar-refractivity contribution in [1.29, 1.82) is 0 Å². The van der Waals surface area contributed by atoms with Crippen molar-refractivity contribution >= 4 is 5.78 Å². The van der Waals surface area contributed by atoms with Crippen molar-refractivity contribution in [2.75, 3.05) is 19.8 Å². The van der Waals surface area contributed by atoms with Crippen molar-refractivity contribution in [3.8, 4) is 0 Å². The van der Waals surface area contributed by atoms with Crippen molar-refractivity contribution in [3.05, 3.63) is 0 Å². The average Bonchev–Trinajstić information content (AvgIpc) is 2.62. The Bertz CT molecular complexity index is 185. The molecule has 4 nitrogen and oxygen atoms in total. The largest absolute Gasteiger partial charge is 0.396 e. The number of carbonyl (C=O) groups is 1. The van der Waals surface area contributed by atoms with Crippen LogP contribution in [0.15, 0.2) is 0 Å². The van der Waals surface area contributed by atoms with E-state index in [0.717, 1.165) is 12.8 Å². The smallest absolute Gasteiger partial charge is 0.228 e. The molecular formula is C10H18O4. The molecule has 1 heterocycles. The predicted molar refractivity (Wildman–Crippen MR) is 50.9 cm³/mol. The maximum absolute atomic E-state index is 11.3. The quantitative estimate of drug-likeness (QED) is 0.649. The minimum absolute atomic E-state index is 0.0565. The van der Waals surface area contributed by atoms with Crippen LogP contribution < -0.4 is 0 Å². The molecular weight excluding hydrogens is 184 g/mol. The summed E-state index contributed by atoms with van der Waals surface area (Å²) in [5.41, 5.74) is 0. The lowest BCUT2D eigenvalue weighted by molar-refractivity contribution is -0.208. The SMILES string of the molecule is CC(=O)C1(OCCCCO)CCCO1. The number of aliphatic hydroxyl groups excluding tert-OH is 1. The van der Waals surface area contributed by atoms with Crippen LogP contribution in [0.5, 0.6) is 0 Å². The van der Waals surface area contributed by atoms with Gasteiger partial charge in [0, 0.05) is 20.0 Å². The van der Waals surface area contributed by atoms with Gasteiger partial charge in [-0.3, -0.25) is 4.79 Å². The standard InChI is InChI=1S/C10H18O4/c1-9(12)10(5-4-8-14-10)13-7-3-2-6-11/h11H,2-8H2,1H3. The van der Waals surface area contributed by atoms with E-state index < -0.39 is 5.79 Å². The van der Waals surface area contributed by atoms with Crippen LogP contribution in [0.2, 0.25) is 0 Å². The van der Waals surface area contributed by atoms with Crippen LogP contribution in [0, 0.1) is 0 Å². The maximum Gasteiger partial charge on any atom is 0.228 e. The van der Waals surface area contributed by atoms with E-state index in [1.54, 1.807) is 0 Å². The van der Waals surface area contributed by atoms with Gasteiger partial charge in [0.25, 0.3) is 0 Å². The summed E-state index contributed by atoms with van der Waals surface area (Å²) in [7, 11) is 0. The van der Waals surface area contributed by atoms with Crippen LogP contribution in [0.3, 0.4) is 0 Å². The number of carbonyl (C=O) groups excluding carboxylic acids is 1. The molecule has 0 aromatic carbocycles. The molecule has 1 atom stereocenters. The Morgan fingerprint density at radius 2 is 2.36 bits per heavy atom. The third-order valence-corrected chi connectivity index (χ3v) is 2.41. The molecule has 1 fully saturated rings. The number of unbranched alkanes of at least 4 members (excludes halogenated alkanes) is 1. The third-order valence-electron chi connectivity index (χ3n) is 2.41. The Labute approximate surface area is 84.2 Å².